The highest BCUT2D eigenvalue weighted by Gasteiger charge is 2.29. The summed E-state index contributed by atoms with van der Waals surface area (Å²) in [5.74, 6) is -0.590. The van der Waals surface area contributed by atoms with Gasteiger partial charge in [0.2, 0.25) is 0 Å². The van der Waals surface area contributed by atoms with Crippen LogP contribution in [0.4, 0.5) is 14.9 Å². The summed E-state index contributed by atoms with van der Waals surface area (Å²) in [5.41, 5.74) is 0.847. The lowest BCUT2D eigenvalue weighted by molar-refractivity contribution is 0.0329. The molecule has 0 saturated carbocycles. The molecule has 6 nitrogen and oxygen atoms in total. The van der Waals surface area contributed by atoms with Crippen molar-refractivity contribution < 1.29 is 23.4 Å². The Labute approximate surface area is 163 Å². The first-order valence-corrected chi connectivity index (χ1v) is 8.33. The maximum Gasteiger partial charge on any atom is 0.412 e. The summed E-state index contributed by atoms with van der Waals surface area (Å²) in [5, 5.41) is 5.54. The summed E-state index contributed by atoms with van der Waals surface area (Å²) in [7, 11) is 1.59. The second kappa shape index (κ2) is 10.1. The van der Waals surface area contributed by atoms with Gasteiger partial charge in [-0.15, -0.1) is 12.4 Å². The van der Waals surface area contributed by atoms with Crippen LogP contribution in [0.15, 0.2) is 48.5 Å². The number of amides is 1. The molecule has 0 aliphatic carbocycles. The summed E-state index contributed by atoms with van der Waals surface area (Å²) in [6.07, 6.45) is -1.18. The lowest BCUT2D eigenvalue weighted by Crippen LogP contribution is -2.32. The number of rotatable bonds is 6. The maximum atomic E-state index is 14.6. The number of hydrogen-bond acceptors (Lipinski definition) is 5. The highest BCUT2D eigenvalue weighted by Crippen LogP contribution is 2.26. The Morgan fingerprint density at radius 3 is 2.63 bits per heavy atom. The Kier molecular flexibility index (Phi) is 7.84. The van der Waals surface area contributed by atoms with Crippen LogP contribution in [0.1, 0.15) is 5.56 Å². The molecule has 3 rings (SSSR count). The second-order valence-electron chi connectivity index (χ2n) is 5.89. The molecule has 27 heavy (non-hydrogen) atoms. The van der Waals surface area contributed by atoms with Crippen LogP contribution in [0.25, 0.3) is 0 Å². The van der Waals surface area contributed by atoms with Crippen LogP contribution in [0.2, 0.25) is 0 Å². The zero-order chi connectivity index (χ0) is 18.4. The Morgan fingerprint density at radius 1 is 1.15 bits per heavy atom. The number of carbonyl (C=O) groups excluding carboxylic acids is 1. The normalized spacial score (nSPS) is 18.4. The van der Waals surface area contributed by atoms with Crippen LogP contribution in [0.3, 0.4) is 0 Å². The van der Waals surface area contributed by atoms with Gasteiger partial charge in [0.1, 0.15) is 18.8 Å². The van der Waals surface area contributed by atoms with Gasteiger partial charge in [-0.3, -0.25) is 5.32 Å². The first-order valence-electron chi connectivity index (χ1n) is 8.33. The molecule has 2 N–H and O–H groups in total. The molecule has 146 valence electrons. The molecule has 2 atom stereocenters. The zero-order valence-corrected chi connectivity index (χ0v) is 15.6. The highest BCUT2D eigenvalue weighted by molar-refractivity contribution is 5.85. The van der Waals surface area contributed by atoms with Crippen LogP contribution in [-0.2, 0) is 16.1 Å². The van der Waals surface area contributed by atoms with Gasteiger partial charge in [-0.25, -0.2) is 9.18 Å². The van der Waals surface area contributed by atoms with Gasteiger partial charge in [0.05, 0.1) is 5.69 Å². The third-order valence-electron chi connectivity index (χ3n) is 4.10. The van der Waals surface area contributed by atoms with E-state index in [-0.39, 0.29) is 42.7 Å². The molecule has 0 bridgehead atoms. The van der Waals surface area contributed by atoms with E-state index in [1.165, 1.54) is 12.1 Å². The summed E-state index contributed by atoms with van der Waals surface area (Å²) in [4.78, 5) is 11.9. The average Bonchev–Trinajstić information content (AvgIpc) is 3.11. The van der Waals surface area contributed by atoms with E-state index in [1.54, 1.807) is 13.2 Å². The van der Waals surface area contributed by atoms with E-state index in [4.69, 9.17) is 14.2 Å². The van der Waals surface area contributed by atoms with Crippen molar-refractivity contribution in [3.8, 4) is 5.75 Å². The minimum atomic E-state index is -0.734. The molecular weight excluding hydrogens is 375 g/mol. The van der Waals surface area contributed by atoms with Crippen molar-refractivity contribution in [3.63, 3.8) is 0 Å². The molecule has 8 heteroatoms. The average molecular weight is 397 g/mol. The van der Waals surface area contributed by atoms with E-state index in [1.807, 2.05) is 30.3 Å². The first-order chi connectivity index (χ1) is 12.7. The number of anilines is 1. The van der Waals surface area contributed by atoms with Crippen molar-refractivity contribution in [2.24, 2.45) is 0 Å². The third kappa shape index (κ3) is 5.56. The number of halogens is 2. The van der Waals surface area contributed by atoms with E-state index in [2.05, 4.69) is 10.6 Å². The van der Waals surface area contributed by atoms with Gasteiger partial charge < -0.3 is 19.5 Å². The SMILES string of the molecule is COC1CNCC1Oc1cccc(NC(=O)OCc2ccccc2)c1F.Cl. The topological polar surface area (TPSA) is 68.8 Å². The molecule has 1 aliphatic heterocycles. The number of nitrogens with one attached hydrogen (secondary N) is 2. The lowest BCUT2D eigenvalue weighted by atomic mass is 10.2. The highest BCUT2D eigenvalue weighted by atomic mass is 35.5. The van der Waals surface area contributed by atoms with Crippen molar-refractivity contribution in [1.29, 1.82) is 0 Å². The van der Waals surface area contributed by atoms with E-state index in [0.717, 1.165) is 5.56 Å². The minimum Gasteiger partial charge on any atom is -0.483 e. The van der Waals surface area contributed by atoms with Crippen LogP contribution >= 0.6 is 12.4 Å². The predicted molar refractivity (Wildman–Crippen MR) is 102 cm³/mol. The van der Waals surface area contributed by atoms with Crippen LogP contribution in [0, 0.1) is 5.82 Å². The van der Waals surface area contributed by atoms with Crippen molar-refractivity contribution >= 4 is 24.2 Å². The van der Waals surface area contributed by atoms with Gasteiger partial charge in [0.25, 0.3) is 0 Å². The van der Waals surface area contributed by atoms with Gasteiger partial charge in [0, 0.05) is 20.2 Å². The maximum absolute atomic E-state index is 14.6. The quantitative estimate of drug-likeness (QED) is 0.783. The molecule has 2 aromatic carbocycles. The van der Waals surface area contributed by atoms with Gasteiger partial charge in [-0.2, -0.15) is 0 Å². The number of ether oxygens (including phenoxy) is 3. The Morgan fingerprint density at radius 2 is 1.89 bits per heavy atom. The molecular formula is C19H22ClFN2O4. The molecule has 1 heterocycles. The summed E-state index contributed by atoms with van der Waals surface area (Å²) < 4.78 is 30.7. The standard InChI is InChI=1S/C19H21FN2O4.ClH/c1-24-16-10-21-11-17(16)26-15-9-5-8-14(18(15)20)22-19(23)25-12-13-6-3-2-4-7-13;/h2-9,16-17,21H,10-12H2,1H3,(H,22,23);1H. The van der Waals surface area contributed by atoms with Crippen molar-refractivity contribution in [2.75, 3.05) is 25.5 Å². The monoisotopic (exact) mass is 396 g/mol. The van der Waals surface area contributed by atoms with E-state index in [0.29, 0.717) is 13.1 Å². The second-order valence-corrected chi connectivity index (χ2v) is 5.89. The molecule has 2 unspecified atom stereocenters. The molecule has 0 aromatic heterocycles. The van der Waals surface area contributed by atoms with E-state index < -0.39 is 11.9 Å². The van der Waals surface area contributed by atoms with Crippen LogP contribution in [-0.4, -0.2) is 38.5 Å². The van der Waals surface area contributed by atoms with Gasteiger partial charge in [-0.1, -0.05) is 36.4 Å². The molecule has 1 aliphatic rings. The summed E-state index contributed by atoms with van der Waals surface area (Å²) in [6.45, 7) is 1.31. The molecule has 1 saturated heterocycles. The van der Waals surface area contributed by atoms with Crippen molar-refractivity contribution in [1.82, 2.24) is 5.32 Å². The fourth-order valence-electron chi connectivity index (χ4n) is 2.71. The van der Waals surface area contributed by atoms with Gasteiger partial charge >= 0.3 is 6.09 Å². The molecule has 2 aromatic rings. The third-order valence-corrected chi connectivity index (χ3v) is 4.10. The fourth-order valence-corrected chi connectivity index (χ4v) is 2.71. The van der Waals surface area contributed by atoms with Gasteiger partial charge in [0.15, 0.2) is 11.6 Å². The molecule has 1 fully saturated rings. The smallest absolute Gasteiger partial charge is 0.412 e. The van der Waals surface area contributed by atoms with Crippen LogP contribution in [0.5, 0.6) is 5.75 Å². The van der Waals surface area contributed by atoms with Gasteiger partial charge in [-0.05, 0) is 17.7 Å². The van der Waals surface area contributed by atoms with E-state index >= 15 is 0 Å². The zero-order valence-electron chi connectivity index (χ0n) is 14.8. The van der Waals surface area contributed by atoms with Crippen molar-refractivity contribution in [3.05, 3.63) is 59.9 Å². The minimum absolute atomic E-state index is 0. The number of carbonyl (C=O) groups is 1. The Hall–Kier alpha value is -2.35. The number of methoxy groups -OCH3 is 1. The molecule has 1 amide bonds. The Bertz CT molecular complexity index is 748. The molecule has 0 radical (unpaired) electrons. The van der Waals surface area contributed by atoms with Crippen molar-refractivity contribution in [2.45, 2.75) is 18.8 Å². The summed E-state index contributed by atoms with van der Waals surface area (Å²) in [6, 6.07) is 13.8. The fraction of sp³-hybridized carbons (Fsp3) is 0.316. The first kappa shape index (κ1) is 21.0. The van der Waals surface area contributed by atoms with Crippen LogP contribution < -0.4 is 15.4 Å². The number of hydrogen-bond donors (Lipinski definition) is 2. The molecule has 0 spiro atoms. The Balaban J connectivity index is 0.00000261. The number of benzene rings is 2. The summed E-state index contributed by atoms with van der Waals surface area (Å²) >= 11 is 0. The largest absolute Gasteiger partial charge is 0.483 e. The van der Waals surface area contributed by atoms with E-state index in [9.17, 15) is 9.18 Å². The lowest BCUT2D eigenvalue weighted by Gasteiger charge is -2.20. The predicted octanol–water partition coefficient (Wildman–Crippen LogP) is 3.36.